The lowest BCUT2D eigenvalue weighted by Gasteiger charge is -2.20. The van der Waals surface area contributed by atoms with Crippen LogP contribution in [0.2, 0.25) is 0 Å². The highest BCUT2D eigenvalue weighted by Crippen LogP contribution is 2.43. The second kappa shape index (κ2) is 4.94. The standard InChI is InChI=1S/C16H18N2O2/c1-2-12(14-6-7-19-10-13(14)3-1)8-17-16-15(9-18-20-16)11-4-5-11/h1-3,9,11,17H,4-8,10H2. The van der Waals surface area contributed by atoms with Crippen LogP contribution in [0.25, 0.3) is 0 Å². The Hall–Kier alpha value is -1.81. The topological polar surface area (TPSA) is 47.3 Å². The minimum atomic E-state index is 0.654. The van der Waals surface area contributed by atoms with Gasteiger partial charge in [-0.3, -0.25) is 0 Å². The molecule has 1 aromatic heterocycles. The molecule has 20 heavy (non-hydrogen) atoms. The predicted molar refractivity (Wildman–Crippen MR) is 75.6 cm³/mol. The maximum Gasteiger partial charge on any atom is 0.228 e. The molecule has 0 atom stereocenters. The minimum absolute atomic E-state index is 0.654. The number of nitrogens with one attached hydrogen (secondary N) is 1. The fourth-order valence-corrected chi connectivity index (χ4v) is 2.91. The summed E-state index contributed by atoms with van der Waals surface area (Å²) in [5.74, 6) is 1.50. The Morgan fingerprint density at radius 1 is 1.30 bits per heavy atom. The molecule has 1 saturated carbocycles. The van der Waals surface area contributed by atoms with Crippen LogP contribution in [0.3, 0.4) is 0 Å². The fraction of sp³-hybridized carbons (Fsp3) is 0.438. The van der Waals surface area contributed by atoms with Gasteiger partial charge < -0.3 is 14.6 Å². The molecule has 1 aliphatic heterocycles. The van der Waals surface area contributed by atoms with Gasteiger partial charge in [0, 0.05) is 12.1 Å². The van der Waals surface area contributed by atoms with Crippen molar-refractivity contribution in [3.8, 4) is 0 Å². The molecule has 104 valence electrons. The van der Waals surface area contributed by atoms with Gasteiger partial charge in [-0.05, 0) is 41.9 Å². The zero-order chi connectivity index (χ0) is 13.4. The molecule has 0 bridgehead atoms. The Bertz CT molecular complexity index is 617. The van der Waals surface area contributed by atoms with Crippen LogP contribution in [0.1, 0.15) is 41.0 Å². The highest BCUT2D eigenvalue weighted by molar-refractivity contribution is 5.45. The molecule has 4 nitrogen and oxygen atoms in total. The van der Waals surface area contributed by atoms with Crippen LogP contribution in [0, 0.1) is 0 Å². The highest BCUT2D eigenvalue weighted by Gasteiger charge is 2.28. The van der Waals surface area contributed by atoms with E-state index in [4.69, 9.17) is 9.26 Å². The summed E-state index contributed by atoms with van der Waals surface area (Å²) < 4.78 is 10.9. The second-order valence-electron chi connectivity index (χ2n) is 5.60. The molecule has 0 radical (unpaired) electrons. The molecule has 4 heteroatoms. The van der Waals surface area contributed by atoms with Gasteiger partial charge in [-0.2, -0.15) is 0 Å². The van der Waals surface area contributed by atoms with Crippen molar-refractivity contribution in [1.29, 1.82) is 0 Å². The van der Waals surface area contributed by atoms with E-state index in [1.54, 1.807) is 0 Å². The van der Waals surface area contributed by atoms with Crippen LogP contribution in [-0.4, -0.2) is 11.8 Å². The summed E-state index contributed by atoms with van der Waals surface area (Å²) >= 11 is 0. The largest absolute Gasteiger partial charge is 0.376 e. The summed E-state index contributed by atoms with van der Waals surface area (Å²) in [6.07, 6.45) is 5.37. The second-order valence-corrected chi connectivity index (χ2v) is 5.60. The molecule has 1 fully saturated rings. The molecule has 1 aromatic carbocycles. The third kappa shape index (κ3) is 2.20. The Labute approximate surface area is 118 Å². The van der Waals surface area contributed by atoms with Crippen LogP contribution >= 0.6 is 0 Å². The monoisotopic (exact) mass is 270 g/mol. The fourth-order valence-electron chi connectivity index (χ4n) is 2.91. The quantitative estimate of drug-likeness (QED) is 0.926. The Kier molecular flexibility index (Phi) is 2.96. The summed E-state index contributed by atoms with van der Waals surface area (Å²) in [5.41, 5.74) is 5.32. The predicted octanol–water partition coefficient (Wildman–Crippen LogP) is 3.24. The number of benzene rings is 1. The summed E-state index contributed by atoms with van der Waals surface area (Å²) in [5, 5.41) is 7.34. The van der Waals surface area contributed by atoms with Crippen LogP contribution in [0.5, 0.6) is 0 Å². The molecule has 0 unspecified atom stereocenters. The lowest BCUT2D eigenvalue weighted by molar-refractivity contribution is 0.110. The number of nitrogens with zero attached hydrogens (tertiary/aromatic N) is 1. The third-order valence-electron chi connectivity index (χ3n) is 4.18. The Morgan fingerprint density at radius 2 is 2.25 bits per heavy atom. The molecule has 2 heterocycles. The van der Waals surface area contributed by atoms with Crippen molar-refractivity contribution in [3.05, 3.63) is 46.6 Å². The maximum absolute atomic E-state index is 5.51. The summed E-state index contributed by atoms with van der Waals surface area (Å²) in [7, 11) is 0. The van der Waals surface area contributed by atoms with E-state index >= 15 is 0 Å². The van der Waals surface area contributed by atoms with Gasteiger partial charge >= 0.3 is 0 Å². The first-order valence-electron chi connectivity index (χ1n) is 7.27. The maximum atomic E-state index is 5.51. The van der Waals surface area contributed by atoms with Crippen molar-refractivity contribution in [2.24, 2.45) is 0 Å². The lowest BCUT2D eigenvalue weighted by Crippen LogP contribution is -2.14. The Balaban J connectivity index is 1.53. The zero-order valence-electron chi connectivity index (χ0n) is 11.4. The number of rotatable bonds is 4. The number of fused-ring (bicyclic) bond motifs is 1. The number of hydrogen-bond donors (Lipinski definition) is 1. The SMILES string of the molecule is c1cc(CNc2oncc2C2CC2)c2c(c1)COCC2. The van der Waals surface area contributed by atoms with Gasteiger partial charge in [0.25, 0.3) is 0 Å². The lowest BCUT2D eigenvalue weighted by atomic mass is 9.97. The van der Waals surface area contributed by atoms with Gasteiger partial charge in [0.1, 0.15) is 0 Å². The molecule has 0 amide bonds. The number of anilines is 1. The van der Waals surface area contributed by atoms with Crippen molar-refractivity contribution < 1.29 is 9.26 Å². The summed E-state index contributed by atoms with van der Waals surface area (Å²) in [6, 6.07) is 6.44. The van der Waals surface area contributed by atoms with E-state index in [1.165, 1.54) is 35.1 Å². The van der Waals surface area contributed by atoms with Gasteiger partial charge in [-0.25, -0.2) is 0 Å². The average molecular weight is 270 g/mol. The van der Waals surface area contributed by atoms with Crippen LogP contribution < -0.4 is 5.32 Å². The van der Waals surface area contributed by atoms with Crippen molar-refractivity contribution in [1.82, 2.24) is 5.16 Å². The molecule has 4 rings (SSSR count). The van der Waals surface area contributed by atoms with Crippen LogP contribution in [0.4, 0.5) is 5.88 Å². The molecular formula is C16H18N2O2. The van der Waals surface area contributed by atoms with Gasteiger partial charge in [-0.1, -0.05) is 23.4 Å². The van der Waals surface area contributed by atoms with Crippen molar-refractivity contribution in [2.45, 2.75) is 38.3 Å². The number of ether oxygens (including phenoxy) is 1. The van der Waals surface area contributed by atoms with Crippen LogP contribution in [-0.2, 0) is 24.3 Å². The number of hydrogen-bond acceptors (Lipinski definition) is 4. The summed E-state index contributed by atoms with van der Waals surface area (Å²) in [4.78, 5) is 0. The van der Waals surface area contributed by atoms with E-state index in [0.29, 0.717) is 5.92 Å². The number of aromatic nitrogens is 1. The van der Waals surface area contributed by atoms with E-state index in [1.807, 2.05) is 6.20 Å². The molecule has 0 spiro atoms. The molecule has 1 aliphatic carbocycles. The minimum Gasteiger partial charge on any atom is -0.376 e. The first kappa shape index (κ1) is 12.0. The van der Waals surface area contributed by atoms with Gasteiger partial charge in [0.15, 0.2) is 0 Å². The van der Waals surface area contributed by atoms with E-state index in [2.05, 4.69) is 28.7 Å². The van der Waals surface area contributed by atoms with Crippen molar-refractivity contribution in [2.75, 3.05) is 11.9 Å². The van der Waals surface area contributed by atoms with E-state index in [0.717, 1.165) is 32.1 Å². The normalized spacial score (nSPS) is 17.8. The van der Waals surface area contributed by atoms with Gasteiger partial charge in [-0.15, -0.1) is 0 Å². The molecule has 1 N–H and O–H groups in total. The van der Waals surface area contributed by atoms with Gasteiger partial charge in [0.2, 0.25) is 5.88 Å². The van der Waals surface area contributed by atoms with Crippen molar-refractivity contribution >= 4 is 5.88 Å². The van der Waals surface area contributed by atoms with E-state index in [-0.39, 0.29) is 0 Å². The van der Waals surface area contributed by atoms with Crippen molar-refractivity contribution in [3.63, 3.8) is 0 Å². The highest BCUT2D eigenvalue weighted by atomic mass is 16.5. The molecule has 2 aromatic rings. The Morgan fingerprint density at radius 3 is 3.15 bits per heavy atom. The first-order chi connectivity index (χ1) is 9.92. The molecule has 2 aliphatic rings. The smallest absolute Gasteiger partial charge is 0.228 e. The van der Waals surface area contributed by atoms with Gasteiger partial charge in [0.05, 0.1) is 19.4 Å². The zero-order valence-corrected chi connectivity index (χ0v) is 11.4. The average Bonchev–Trinajstić information content (AvgIpc) is 3.24. The van der Waals surface area contributed by atoms with E-state index in [9.17, 15) is 0 Å². The first-order valence-corrected chi connectivity index (χ1v) is 7.27. The third-order valence-corrected chi connectivity index (χ3v) is 4.18. The molecular weight excluding hydrogens is 252 g/mol. The van der Waals surface area contributed by atoms with E-state index < -0.39 is 0 Å². The molecule has 0 saturated heterocycles. The summed E-state index contributed by atoms with van der Waals surface area (Å²) in [6.45, 7) is 2.34. The van der Waals surface area contributed by atoms with Crippen LogP contribution in [0.15, 0.2) is 28.9 Å².